The summed E-state index contributed by atoms with van der Waals surface area (Å²) in [5.41, 5.74) is 7.16. The number of allylic oxidation sites excluding steroid dienone is 4. The number of fused-ring (bicyclic) bond motifs is 5. The summed E-state index contributed by atoms with van der Waals surface area (Å²) in [7, 11) is 0. The molecule has 1 heterocycles. The van der Waals surface area contributed by atoms with Gasteiger partial charge in [0.15, 0.2) is 0 Å². The standard InChI is InChI=1S/C19H17Cl.C8H6S/c1-12-10-14-7-8-16-15-5-3-2-4-13(15)6-9-17(16)19(14)18(20)11-12;1-2-4-8-7(3-1)5-6-9-8/h3,5,7-8,10-11H,2,4,6,9H2,1H3;1-6H. The lowest BCUT2D eigenvalue weighted by molar-refractivity contribution is 0.831. The Morgan fingerprint density at radius 2 is 1.79 bits per heavy atom. The predicted molar refractivity (Wildman–Crippen MR) is 129 cm³/mol. The molecule has 0 atom stereocenters. The smallest absolute Gasteiger partial charge is 0.0490 e. The van der Waals surface area contributed by atoms with E-state index in [4.69, 9.17) is 11.6 Å². The highest BCUT2D eigenvalue weighted by atomic mass is 35.5. The number of hydrogen-bond donors (Lipinski definition) is 0. The summed E-state index contributed by atoms with van der Waals surface area (Å²) in [6.07, 6.45) is 9.35. The van der Waals surface area contributed by atoms with E-state index in [0.29, 0.717) is 0 Å². The highest BCUT2D eigenvalue weighted by Crippen LogP contribution is 2.41. The van der Waals surface area contributed by atoms with Gasteiger partial charge in [0.2, 0.25) is 0 Å². The molecule has 1 aromatic heterocycles. The molecule has 2 aliphatic carbocycles. The lowest BCUT2D eigenvalue weighted by Gasteiger charge is -2.25. The molecule has 0 bridgehead atoms. The molecule has 0 fully saturated rings. The minimum Gasteiger partial charge on any atom is -0.144 e. The molecule has 0 nitrogen and oxygen atoms in total. The van der Waals surface area contributed by atoms with Gasteiger partial charge < -0.3 is 0 Å². The van der Waals surface area contributed by atoms with Gasteiger partial charge in [0.05, 0.1) is 0 Å². The summed E-state index contributed by atoms with van der Waals surface area (Å²) in [5.74, 6) is 0. The average Bonchev–Trinajstić information content (AvgIpc) is 3.22. The van der Waals surface area contributed by atoms with Crippen LogP contribution >= 0.6 is 22.9 Å². The lowest BCUT2D eigenvalue weighted by atomic mass is 9.79. The monoisotopic (exact) mass is 414 g/mol. The minimum absolute atomic E-state index is 0.903. The van der Waals surface area contributed by atoms with Crippen LogP contribution in [0.4, 0.5) is 0 Å². The topological polar surface area (TPSA) is 0 Å². The van der Waals surface area contributed by atoms with Gasteiger partial charge in [0.25, 0.3) is 0 Å². The number of hydrogen-bond acceptors (Lipinski definition) is 1. The summed E-state index contributed by atoms with van der Waals surface area (Å²) in [5, 5.41) is 6.91. The van der Waals surface area contributed by atoms with Crippen molar-refractivity contribution in [1.82, 2.24) is 0 Å². The number of benzene rings is 3. The molecule has 0 spiro atoms. The van der Waals surface area contributed by atoms with Crippen molar-refractivity contribution in [2.75, 3.05) is 0 Å². The predicted octanol–water partition coefficient (Wildman–Crippen LogP) is 8.75. The van der Waals surface area contributed by atoms with E-state index in [1.165, 1.54) is 62.4 Å². The maximum atomic E-state index is 6.54. The van der Waals surface area contributed by atoms with Gasteiger partial charge in [0, 0.05) is 15.1 Å². The van der Waals surface area contributed by atoms with E-state index in [2.05, 4.69) is 79.1 Å². The summed E-state index contributed by atoms with van der Waals surface area (Å²) in [6.45, 7) is 2.11. The van der Waals surface area contributed by atoms with Gasteiger partial charge in [-0.3, -0.25) is 0 Å². The second-order valence-electron chi connectivity index (χ2n) is 7.85. The van der Waals surface area contributed by atoms with Crippen LogP contribution in [0.1, 0.15) is 36.0 Å². The van der Waals surface area contributed by atoms with Crippen LogP contribution < -0.4 is 0 Å². The fourth-order valence-corrected chi connectivity index (χ4v) is 5.76. The lowest BCUT2D eigenvalue weighted by Crippen LogP contribution is -2.07. The molecule has 4 aromatic rings. The minimum atomic E-state index is 0.903. The van der Waals surface area contributed by atoms with Crippen LogP contribution in [0, 0.1) is 6.92 Å². The number of aryl methyl sites for hydroxylation is 2. The maximum Gasteiger partial charge on any atom is 0.0490 e. The largest absolute Gasteiger partial charge is 0.144 e. The van der Waals surface area contributed by atoms with Crippen LogP contribution in [-0.4, -0.2) is 0 Å². The molecule has 29 heavy (non-hydrogen) atoms. The zero-order valence-electron chi connectivity index (χ0n) is 16.5. The highest BCUT2D eigenvalue weighted by molar-refractivity contribution is 7.17. The van der Waals surface area contributed by atoms with E-state index in [1.54, 1.807) is 16.9 Å². The quantitative estimate of drug-likeness (QED) is 0.269. The van der Waals surface area contributed by atoms with Gasteiger partial charge in [-0.15, -0.1) is 11.3 Å². The second kappa shape index (κ2) is 7.82. The van der Waals surface area contributed by atoms with Crippen molar-refractivity contribution < 1.29 is 0 Å². The molecule has 144 valence electrons. The number of thiophene rings is 1. The van der Waals surface area contributed by atoms with Crippen LogP contribution in [0.25, 0.3) is 26.4 Å². The van der Waals surface area contributed by atoms with Gasteiger partial charge in [-0.2, -0.15) is 0 Å². The first-order valence-electron chi connectivity index (χ1n) is 10.2. The SMILES string of the molecule is Cc1cc(Cl)c2c3c(ccc2c1)C1=C(CCC=C1)CC3.c1ccc2sccc2c1. The van der Waals surface area contributed by atoms with E-state index in [-0.39, 0.29) is 0 Å². The van der Waals surface area contributed by atoms with Crippen LogP contribution in [0.2, 0.25) is 5.02 Å². The molecule has 3 aromatic carbocycles. The number of rotatable bonds is 0. The molecule has 2 aliphatic rings. The summed E-state index contributed by atoms with van der Waals surface area (Å²) in [6, 6.07) is 19.4. The van der Waals surface area contributed by atoms with Crippen LogP contribution in [0.15, 0.2) is 77.7 Å². The van der Waals surface area contributed by atoms with E-state index < -0.39 is 0 Å². The van der Waals surface area contributed by atoms with Crippen molar-refractivity contribution in [3.63, 3.8) is 0 Å². The summed E-state index contributed by atoms with van der Waals surface area (Å²) < 4.78 is 1.37. The van der Waals surface area contributed by atoms with E-state index in [1.807, 2.05) is 0 Å². The van der Waals surface area contributed by atoms with E-state index >= 15 is 0 Å². The third-order valence-corrected chi connectivity index (χ3v) is 7.12. The Balaban J connectivity index is 0.000000168. The molecule has 0 radical (unpaired) electrons. The van der Waals surface area contributed by atoms with Crippen molar-refractivity contribution in [3.8, 4) is 0 Å². The third-order valence-electron chi connectivity index (χ3n) is 5.93. The molecular weight excluding hydrogens is 392 g/mol. The Bertz CT molecular complexity index is 1240. The molecule has 0 aliphatic heterocycles. The van der Waals surface area contributed by atoms with Crippen molar-refractivity contribution in [2.45, 2.75) is 32.6 Å². The zero-order valence-corrected chi connectivity index (χ0v) is 18.1. The Kier molecular flexibility index (Phi) is 5.03. The Hall–Kier alpha value is -2.35. The normalized spacial score (nSPS) is 15.1. The fraction of sp³-hybridized carbons (Fsp3) is 0.185. The van der Waals surface area contributed by atoms with Crippen LogP contribution in [-0.2, 0) is 6.42 Å². The summed E-state index contributed by atoms with van der Waals surface area (Å²) >= 11 is 8.33. The number of halogens is 1. The Morgan fingerprint density at radius 1 is 0.897 bits per heavy atom. The molecule has 0 amide bonds. The van der Waals surface area contributed by atoms with Crippen LogP contribution in [0.3, 0.4) is 0 Å². The van der Waals surface area contributed by atoms with Gasteiger partial charge in [-0.1, -0.05) is 65.7 Å². The summed E-state index contributed by atoms with van der Waals surface area (Å²) in [4.78, 5) is 0. The Morgan fingerprint density at radius 3 is 2.69 bits per heavy atom. The van der Waals surface area contributed by atoms with E-state index in [9.17, 15) is 0 Å². The maximum absolute atomic E-state index is 6.54. The van der Waals surface area contributed by atoms with Gasteiger partial charge in [-0.05, 0) is 89.2 Å². The second-order valence-corrected chi connectivity index (χ2v) is 9.21. The van der Waals surface area contributed by atoms with Crippen LogP contribution in [0.5, 0.6) is 0 Å². The van der Waals surface area contributed by atoms with Crippen molar-refractivity contribution in [3.05, 3.63) is 99.4 Å². The molecule has 0 N–H and O–H groups in total. The zero-order chi connectivity index (χ0) is 19.8. The molecule has 0 saturated carbocycles. The first kappa shape index (κ1) is 18.7. The average molecular weight is 415 g/mol. The Labute approximate surface area is 181 Å². The molecular formula is C27H23ClS. The third kappa shape index (κ3) is 3.54. The van der Waals surface area contributed by atoms with Crippen molar-refractivity contribution >= 4 is 49.4 Å². The first-order chi connectivity index (χ1) is 14.2. The molecule has 6 rings (SSSR count). The fourth-order valence-electron chi connectivity index (χ4n) is 4.57. The molecule has 0 saturated heterocycles. The van der Waals surface area contributed by atoms with Crippen molar-refractivity contribution in [2.24, 2.45) is 0 Å². The van der Waals surface area contributed by atoms with Gasteiger partial charge >= 0.3 is 0 Å². The van der Waals surface area contributed by atoms with Crippen molar-refractivity contribution in [1.29, 1.82) is 0 Å². The first-order valence-corrected chi connectivity index (χ1v) is 11.5. The highest BCUT2D eigenvalue weighted by Gasteiger charge is 2.21. The van der Waals surface area contributed by atoms with Gasteiger partial charge in [-0.25, -0.2) is 0 Å². The van der Waals surface area contributed by atoms with Gasteiger partial charge in [0.1, 0.15) is 0 Å². The molecule has 0 unspecified atom stereocenters. The van der Waals surface area contributed by atoms with E-state index in [0.717, 1.165) is 11.4 Å². The molecule has 2 heteroatoms.